The molecule has 1 heterocycles. The van der Waals surface area contributed by atoms with Gasteiger partial charge in [0.1, 0.15) is 0 Å². The van der Waals surface area contributed by atoms with Gasteiger partial charge in [0.25, 0.3) is 0 Å². The van der Waals surface area contributed by atoms with Gasteiger partial charge >= 0.3 is 0 Å². The molecule has 0 aliphatic carbocycles. The van der Waals surface area contributed by atoms with Gasteiger partial charge < -0.3 is 9.84 Å². The summed E-state index contributed by atoms with van der Waals surface area (Å²) in [6.45, 7) is 6.81. The van der Waals surface area contributed by atoms with Gasteiger partial charge in [0.15, 0.2) is 0 Å². The average molecular weight is 200 g/mol. The predicted octanol–water partition coefficient (Wildman–Crippen LogP) is 2.60. The molecule has 4 unspecified atom stereocenters. The molecule has 1 rings (SSSR count). The van der Waals surface area contributed by atoms with Crippen molar-refractivity contribution in [2.24, 2.45) is 11.8 Å². The molecule has 0 bridgehead atoms. The Hall–Kier alpha value is -0.0800. The minimum atomic E-state index is 0.285. The topological polar surface area (TPSA) is 29.5 Å². The minimum absolute atomic E-state index is 0.285. The Labute approximate surface area is 87.7 Å². The molecule has 0 aromatic rings. The van der Waals surface area contributed by atoms with Crippen LogP contribution in [0.4, 0.5) is 0 Å². The van der Waals surface area contributed by atoms with Crippen molar-refractivity contribution in [3.05, 3.63) is 0 Å². The fourth-order valence-electron chi connectivity index (χ4n) is 2.31. The van der Waals surface area contributed by atoms with Crippen molar-refractivity contribution in [2.45, 2.75) is 58.7 Å². The number of hydrogen-bond acceptors (Lipinski definition) is 2. The van der Waals surface area contributed by atoms with Crippen LogP contribution in [-0.4, -0.2) is 23.9 Å². The Morgan fingerprint density at radius 3 is 2.57 bits per heavy atom. The third-order valence-corrected chi connectivity index (χ3v) is 3.38. The summed E-state index contributed by atoms with van der Waals surface area (Å²) in [4.78, 5) is 0. The van der Waals surface area contributed by atoms with Crippen molar-refractivity contribution in [3.63, 3.8) is 0 Å². The normalized spacial score (nSPS) is 34.7. The van der Waals surface area contributed by atoms with Crippen molar-refractivity contribution in [1.82, 2.24) is 0 Å². The highest BCUT2D eigenvalue weighted by Crippen LogP contribution is 2.33. The van der Waals surface area contributed by atoms with E-state index in [2.05, 4.69) is 20.8 Å². The standard InChI is InChI=1S/C12H24O2/c1-4-10-7-11(5-2)14-12(10)6-9(3)8-13/h9-13H,4-8H2,1-3H3. The van der Waals surface area contributed by atoms with Gasteiger partial charge in [-0.3, -0.25) is 0 Å². The van der Waals surface area contributed by atoms with Crippen LogP contribution < -0.4 is 0 Å². The lowest BCUT2D eigenvalue weighted by Crippen LogP contribution is -2.20. The first-order valence-electron chi connectivity index (χ1n) is 5.97. The first-order chi connectivity index (χ1) is 6.71. The van der Waals surface area contributed by atoms with E-state index < -0.39 is 0 Å². The highest BCUT2D eigenvalue weighted by Gasteiger charge is 2.33. The highest BCUT2D eigenvalue weighted by atomic mass is 16.5. The van der Waals surface area contributed by atoms with Crippen LogP contribution in [0.25, 0.3) is 0 Å². The van der Waals surface area contributed by atoms with Gasteiger partial charge in [-0.2, -0.15) is 0 Å². The van der Waals surface area contributed by atoms with Crippen LogP contribution in [0, 0.1) is 11.8 Å². The molecule has 0 radical (unpaired) electrons. The quantitative estimate of drug-likeness (QED) is 0.739. The van der Waals surface area contributed by atoms with Crippen molar-refractivity contribution in [2.75, 3.05) is 6.61 Å². The van der Waals surface area contributed by atoms with E-state index in [4.69, 9.17) is 9.84 Å². The summed E-state index contributed by atoms with van der Waals surface area (Å²) in [5, 5.41) is 9.02. The smallest absolute Gasteiger partial charge is 0.0611 e. The molecule has 4 atom stereocenters. The third-order valence-electron chi connectivity index (χ3n) is 3.38. The van der Waals surface area contributed by atoms with Crippen LogP contribution in [0.5, 0.6) is 0 Å². The second kappa shape index (κ2) is 5.72. The molecule has 0 spiro atoms. The monoisotopic (exact) mass is 200 g/mol. The molecule has 0 saturated carbocycles. The summed E-state index contributed by atoms with van der Waals surface area (Å²) in [5.74, 6) is 1.10. The summed E-state index contributed by atoms with van der Waals surface area (Å²) in [5.41, 5.74) is 0. The number of aliphatic hydroxyl groups excluding tert-OH is 1. The van der Waals surface area contributed by atoms with Crippen LogP contribution in [0.3, 0.4) is 0 Å². The number of aliphatic hydroxyl groups is 1. The van der Waals surface area contributed by atoms with Crippen molar-refractivity contribution < 1.29 is 9.84 Å². The Kier molecular flexibility index (Phi) is 4.90. The molecule has 1 saturated heterocycles. The van der Waals surface area contributed by atoms with Gasteiger partial charge in [0, 0.05) is 6.61 Å². The van der Waals surface area contributed by atoms with Gasteiger partial charge in [-0.05, 0) is 31.1 Å². The largest absolute Gasteiger partial charge is 0.396 e. The maximum Gasteiger partial charge on any atom is 0.0611 e. The summed E-state index contributed by atoms with van der Waals surface area (Å²) in [6, 6.07) is 0. The summed E-state index contributed by atoms with van der Waals surface area (Å²) >= 11 is 0. The van der Waals surface area contributed by atoms with E-state index in [1.807, 2.05) is 0 Å². The Bertz CT molecular complexity index is 158. The Balaban J connectivity index is 2.42. The van der Waals surface area contributed by atoms with E-state index in [0.717, 1.165) is 12.8 Å². The second-order valence-corrected chi connectivity index (χ2v) is 4.63. The molecule has 0 aromatic carbocycles. The van der Waals surface area contributed by atoms with E-state index in [1.165, 1.54) is 12.8 Å². The van der Waals surface area contributed by atoms with Crippen LogP contribution in [0.2, 0.25) is 0 Å². The van der Waals surface area contributed by atoms with Crippen molar-refractivity contribution in [1.29, 1.82) is 0 Å². The van der Waals surface area contributed by atoms with Crippen LogP contribution in [0.1, 0.15) is 46.5 Å². The van der Waals surface area contributed by atoms with Gasteiger partial charge in [0.2, 0.25) is 0 Å². The molecule has 2 nitrogen and oxygen atoms in total. The lowest BCUT2D eigenvalue weighted by atomic mass is 9.90. The molecule has 0 amide bonds. The van der Waals surface area contributed by atoms with E-state index in [9.17, 15) is 0 Å². The SMILES string of the molecule is CCC1CC(CC)C(CC(C)CO)O1. The van der Waals surface area contributed by atoms with E-state index in [1.54, 1.807) is 0 Å². The maximum atomic E-state index is 9.02. The summed E-state index contributed by atoms with van der Waals surface area (Å²) in [7, 11) is 0. The lowest BCUT2D eigenvalue weighted by Gasteiger charge is -2.20. The first kappa shape index (κ1) is 12.0. The number of hydrogen-bond donors (Lipinski definition) is 1. The second-order valence-electron chi connectivity index (χ2n) is 4.63. The van der Waals surface area contributed by atoms with Crippen molar-refractivity contribution in [3.8, 4) is 0 Å². The lowest BCUT2D eigenvalue weighted by molar-refractivity contribution is 0.0140. The molecule has 1 N–H and O–H groups in total. The average Bonchev–Trinajstić information content (AvgIpc) is 2.60. The summed E-state index contributed by atoms with van der Waals surface area (Å²) in [6.07, 6.45) is 5.43. The zero-order valence-electron chi connectivity index (χ0n) is 9.70. The molecular weight excluding hydrogens is 176 g/mol. The molecule has 1 fully saturated rings. The number of ether oxygens (including phenoxy) is 1. The molecule has 1 aliphatic rings. The molecule has 2 heteroatoms. The maximum absolute atomic E-state index is 9.02. The van der Waals surface area contributed by atoms with Gasteiger partial charge in [0.05, 0.1) is 12.2 Å². The molecular formula is C12H24O2. The molecule has 1 aliphatic heterocycles. The first-order valence-corrected chi connectivity index (χ1v) is 5.97. The Morgan fingerprint density at radius 2 is 2.07 bits per heavy atom. The highest BCUT2D eigenvalue weighted by molar-refractivity contribution is 4.82. The van der Waals surface area contributed by atoms with E-state index in [0.29, 0.717) is 24.0 Å². The van der Waals surface area contributed by atoms with Crippen LogP contribution in [-0.2, 0) is 4.74 Å². The minimum Gasteiger partial charge on any atom is -0.396 e. The third kappa shape index (κ3) is 2.96. The molecule has 84 valence electrons. The molecule has 0 aromatic heterocycles. The molecule has 14 heavy (non-hydrogen) atoms. The van der Waals surface area contributed by atoms with Crippen LogP contribution in [0.15, 0.2) is 0 Å². The van der Waals surface area contributed by atoms with Gasteiger partial charge in [-0.15, -0.1) is 0 Å². The van der Waals surface area contributed by atoms with Gasteiger partial charge in [-0.1, -0.05) is 27.2 Å². The zero-order chi connectivity index (χ0) is 10.6. The van der Waals surface area contributed by atoms with E-state index >= 15 is 0 Å². The predicted molar refractivity (Wildman–Crippen MR) is 58.2 cm³/mol. The summed E-state index contributed by atoms with van der Waals surface area (Å²) < 4.78 is 5.98. The Morgan fingerprint density at radius 1 is 1.36 bits per heavy atom. The fraction of sp³-hybridized carbons (Fsp3) is 1.00. The zero-order valence-corrected chi connectivity index (χ0v) is 9.70. The van der Waals surface area contributed by atoms with E-state index in [-0.39, 0.29) is 6.61 Å². The fourth-order valence-corrected chi connectivity index (χ4v) is 2.31. The van der Waals surface area contributed by atoms with Crippen LogP contribution >= 0.6 is 0 Å². The number of rotatable bonds is 5. The van der Waals surface area contributed by atoms with Crippen molar-refractivity contribution >= 4 is 0 Å². The van der Waals surface area contributed by atoms with Gasteiger partial charge in [-0.25, -0.2) is 0 Å².